The van der Waals surface area contributed by atoms with Crippen molar-refractivity contribution in [3.05, 3.63) is 131 Å². The number of hydrogen-bond donors (Lipinski definition) is 3. The van der Waals surface area contributed by atoms with Gasteiger partial charge in [0.1, 0.15) is 23.9 Å². The number of fused-ring (bicyclic) bond motifs is 1. The monoisotopic (exact) mass is 683 g/mol. The third-order valence-corrected chi connectivity index (χ3v) is 9.91. The van der Waals surface area contributed by atoms with Gasteiger partial charge in [0, 0.05) is 29.5 Å². The van der Waals surface area contributed by atoms with Crippen molar-refractivity contribution in [2.75, 3.05) is 11.5 Å². The molecular weight excluding hydrogens is 653 g/mol. The quantitative estimate of drug-likeness (QED) is 0.0538. The molecule has 2 amide bonds. The highest BCUT2D eigenvalue weighted by Crippen LogP contribution is 2.45. The van der Waals surface area contributed by atoms with E-state index >= 15 is 0 Å². The van der Waals surface area contributed by atoms with Gasteiger partial charge in [0.15, 0.2) is 23.1 Å². The Bertz CT molecular complexity index is 1930. The molecule has 2 aliphatic heterocycles. The molecule has 2 aliphatic rings. The minimum absolute atomic E-state index is 0.0205. The summed E-state index contributed by atoms with van der Waals surface area (Å²) in [5.41, 5.74) is 6.30. The minimum Gasteiger partial charge on any atom is -0.508 e. The number of carbonyl (C=O) groups is 3. The van der Waals surface area contributed by atoms with Crippen LogP contribution >= 0.6 is 23.1 Å². The molecule has 0 radical (unpaired) electrons. The summed E-state index contributed by atoms with van der Waals surface area (Å²) in [6, 6.07) is 20.7. The number of nitrogen functional groups attached to an aromatic ring is 1. The van der Waals surface area contributed by atoms with E-state index in [0.29, 0.717) is 16.9 Å². The zero-order valence-corrected chi connectivity index (χ0v) is 27.3. The van der Waals surface area contributed by atoms with Gasteiger partial charge in [-0.25, -0.2) is 14.3 Å². The maximum absolute atomic E-state index is 14.4. The highest BCUT2D eigenvalue weighted by molar-refractivity contribution is 8.00. The number of nitrogens with one attached hydrogen (secondary N) is 1. The Kier molecular flexibility index (Phi) is 9.28. The summed E-state index contributed by atoms with van der Waals surface area (Å²) in [4.78, 5) is 53.8. The lowest BCUT2D eigenvalue weighted by Crippen LogP contribution is -2.82. The van der Waals surface area contributed by atoms with E-state index in [1.165, 1.54) is 34.2 Å². The number of aryl methyl sites for hydroxylation is 1. The largest absolute Gasteiger partial charge is 0.508 e. The second-order valence-corrected chi connectivity index (χ2v) is 12.9. The maximum atomic E-state index is 14.4. The van der Waals surface area contributed by atoms with E-state index in [0.717, 1.165) is 22.6 Å². The number of thiazole rings is 1. The molecule has 1 fully saturated rings. The second-order valence-electron chi connectivity index (χ2n) is 10.9. The molecule has 3 atom stereocenters. The van der Waals surface area contributed by atoms with Crippen LogP contribution in [0.4, 0.5) is 5.13 Å². The molecule has 0 saturated carbocycles. The van der Waals surface area contributed by atoms with Crippen molar-refractivity contribution >= 4 is 51.7 Å². The van der Waals surface area contributed by atoms with Gasteiger partial charge in [-0.05, 0) is 34.9 Å². The van der Waals surface area contributed by atoms with E-state index in [-0.39, 0.29) is 28.9 Å². The lowest BCUT2D eigenvalue weighted by Gasteiger charge is -2.53. The Labute approximate surface area is 284 Å². The molecule has 48 heavy (non-hydrogen) atoms. The number of hydrogen-bond acceptors (Lipinski definition) is 11. The summed E-state index contributed by atoms with van der Waals surface area (Å²) in [5, 5.41) is 17.6. The van der Waals surface area contributed by atoms with Crippen LogP contribution in [0, 0.1) is 0 Å². The van der Waals surface area contributed by atoms with Gasteiger partial charge < -0.3 is 25.7 Å². The third-order valence-electron chi connectivity index (χ3n) is 7.84. The predicted octanol–water partition coefficient (Wildman–Crippen LogP) is 3.35. The lowest BCUT2D eigenvalue weighted by atomic mass is 9.86. The van der Waals surface area contributed by atoms with E-state index in [2.05, 4.69) is 22.0 Å². The zero-order valence-electron chi connectivity index (χ0n) is 25.7. The number of anilines is 1. The fourth-order valence-electron chi connectivity index (χ4n) is 5.26. The van der Waals surface area contributed by atoms with Gasteiger partial charge in [0.05, 0.1) is 0 Å². The zero-order chi connectivity index (χ0) is 33.8. The standard InChI is InChI=1S/C34H30N6O6S2/c1-3-21-17-40-30(43)34(31(40)47-19-21,32(44)46-28(22-9-5-4-6-10-22)23-12-14-25(41)15-13-23)37-29(42)27(26-20-48-33(35)36-26)38-45-18-24-11-7-8-16-39(24)2/h3-17,20,28,31H,1,18-19H2,2H3,(H3-,35,36,37,41,42)/p+1/t28?,31-,34?/m0/s1. The van der Waals surface area contributed by atoms with Crippen molar-refractivity contribution in [1.29, 1.82) is 0 Å². The van der Waals surface area contributed by atoms with E-state index in [1.54, 1.807) is 48.7 Å². The van der Waals surface area contributed by atoms with E-state index < -0.39 is 34.8 Å². The number of oxime groups is 1. The van der Waals surface area contributed by atoms with Crippen molar-refractivity contribution in [1.82, 2.24) is 15.2 Å². The smallest absolute Gasteiger partial charge is 0.345 e. The van der Waals surface area contributed by atoms with Crippen molar-refractivity contribution in [3.8, 4) is 5.75 Å². The number of phenolic OH excluding ortho intramolecular Hbond substituents is 1. The highest BCUT2D eigenvalue weighted by Gasteiger charge is 2.69. The van der Waals surface area contributed by atoms with Crippen molar-refractivity contribution < 1.29 is 33.6 Å². The molecule has 2 aromatic carbocycles. The van der Waals surface area contributed by atoms with Crippen LogP contribution in [0.25, 0.3) is 0 Å². The number of benzene rings is 2. The summed E-state index contributed by atoms with van der Waals surface area (Å²) in [6.45, 7) is 3.81. The number of aromatic hydroxyl groups is 1. The van der Waals surface area contributed by atoms with Crippen molar-refractivity contribution in [2.45, 2.75) is 23.6 Å². The SMILES string of the molecule is C=CC1=CN2C(=O)C(NC(=O)C(=NOCc3cccc[n+]3C)c3csc(N)n3)(C(=O)OC(c3ccccc3)c3ccc(O)cc3)[C@@H]2SC1. The van der Waals surface area contributed by atoms with E-state index in [1.807, 2.05) is 42.1 Å². The van der Waals surface area contributed by atoms with Crippen LogP contribution in [0.5, 0.6) is 5.75 Å². The molecule has 4 aromatic rings. The molecular formula is C34H31N6O6S2+. The maximum Gasteiger partial charge on any atom is 0.345 e. The number of aromatic nitrogens is 2. The number of carbonyl (C=O) groups excluding carboxylic acids is 3. The number of β-lactam (4-membered cyclic amide) rings is 1. The number of amides is 2. The molecule has 0 aliphatic carbocycles. The summed E-state index contributed by atoms with van der Waals surface area (Å²) >= 11 is 2.38. The number of phenols is 1. The summed E-state index contributed by atoms with van der Waals surface area (Å²) in [7, 11) is 1.84. The van der Waals surface area contributed by atoms with Gasteiger partial charge in [-0.2, -0.15) is 0 Å². The van der Waals surface area contributed by atoms with Crippen LogP contribution in [0.1, 0.15) is 28.6 Å². The predicted molar refractivity (Wildman–Crippen MR) is 180 cm³/mol. The average Bonchev–Trinajstić information content (AvgIpc) is 3.54. The van der Waals surface area contributed by atoms with Crippen LogP contribution in [-0.2, 0) is 37.6 Å². The normalized spacial score (nSPS) is 19.3. The number of esters is 1. The number of thioether (sulfide) groups is 1. The lowest BCUT2D eigenvalue weighted by molar-refractivity contribution is -0.681. The molecule has 0 spiro atoms. The van der Waals surface area contributed by atoms with Crippen LogP contribution in [0.2, 0.25) is 0 Å². The Morgan fingerprint density at radius 1 is 1.19 bits per heavy atom. The average molecular weight is 684 g/mol. The number of pyridine rings is 1. The number of rotatable bonds is 11. The first-order chi connectivity index (χ1) is 23.2. The Balaban J connectivity index is 1.36. The molecule has 244 valence electrons. The van der Waals surface area contributed by atoms with Gasteiger partial charge in [-0.1, -0.05) is 60.3 Å². The first-order valence-electron chi connectivity index (χ1n) is 14.7. The van der Waals surface area contributed by atoms with Crippen LogP contribution in [0.3, 0.4) is 0 Å². The van der Waals surface area contributed by atoms with Crippen molar-refractivity contribution in [3.63, 3.8) is 0 Å². The van der Waals surface area contributed by atoms with Crippen LogP contribution < -0.4 is 15.6 Å². The van der Waals surface area contributed by atoms with E-state index in [9.17, 15) is 19.5 Å². The Morgan fingerprint density at radius 3 is 2.60 bits per heavy atom. The number of ether oxygens (including phenoxy) is 1. The first kappa shape index (κ1) is 32.5. The summed E-state index contributed by atoms with van der Waals surface area (Å²) in [5.74, 6) is -2.08. The number of allylic oxidation sites excluding steroid dienone is 1. The molecule has 6 rings (SSSR count). The highest BCUT2D eigenvalue weighted by atomic mass is 32.2. The summed E-state index contributed by atoms with van der Waals surface area (Å²) < 4.78 is 7.98. The van der Waals surface area contributed by atoms with Gasteiger partial charge in [-0.15, -0.1) is 23.1 Å². The summed E-state index contributed by atoms with van der Waals surface area (Å²) in [6.07, 6.45) is 4.12. The third kappa shape index (κ3) is 6.27. The number of nitrogens with two attached hydrogens (primary N) is 1. The molecule has 0 bridgehead atoms. The van der Waals surface area contributed by atoms with Gasteiger partial charge in [0.25, 0.3) is 11.8 Å². The molecule has 12 nitrogen and oxygen atoms in total. The Morgan fingerprint density at radius 2 is 1.92 bits per heavy atom. The molecule has 4 heterocycles. The fourth-order valence-corrected chi connectivity index (χ4v) is 7.18. The van der Waals surface area contributed by atoms with E-state index in [4.69, 9.17) is 15.3 Å². The second kappa shape index (κ2) is 13.7. The molecule has 2 unspecified atom stereocenters. The molecule has 1 saturated heterocycles. The minimum atomic E-state index is -2.14. The first-order valence-corrected chi connectivity index (χ1v) is 16.6. The van der Waals surface area contributed by atoms with Crippen molar-refractivity contribution in [2.24, 2.45) is 12.2 Å². The molecule has 2 aromatic heterocycles. The van der Waals surface area contributed by atoms with Crippen LogP contribution in [0.15, 0.2) is 114 Å². The fraction of sp³-hybridized carbons (Fsp3) is 0.176. The molecule has 14 heteroatoms. The molecule has 4 N–H and O–H groups in total. The topological polar surface area (TPSA) is 160 Å². The number of nitrogens with zero attached hydrogens (tertiary/aromatic N) is 4. The van der Waals surface area contributed by atoms with Gasteiger partial charge >= 0.3 is 5.97 Å². The van der Waals surface area contributed by atoms with Gasteiger partial charge in [0.2, 0.25) is 17.8 Å². The Hall–Kier alpha value is -5.47. The van der Waals surface area contributed by atoms with Crippen LogP contribution in [-0.4, -0.2) is 55.2 Å². The van der Waals surface area contributed by atoms with Gasteiger partial charge in [-0.3, -0.25) is 14.5 Å².